The molecule has 0 aliphatic heterocycles. The first kappa shape index (κ1) is 17.7. The van der Waals surface area contributed by atoms with E-state index in [1.807, 2.05) is 26.0 Å². The van der Waals surface area contributed by atoms with Gasteiger partial charge in [0, 0.05) is 5.56 Å². The minimum atomic E-state index is -0.192. The minimum Gasteiger partial charge on any atom is -0.508 e. The summed E-state index contributed by atoms with van der Waals surface area (Å²) in [5.74, 6) is 1.26. The lowest BCUT2D eigenvalue weighted by Gasteiger charge is -2.19. The maximum absolute atomic E-state index is 12.3. The van der Waals surface area contributed by atoms with Crippen LogP contribution >= 0.6 is 0 Å². The number of aryl methyl sites for hydroxylation is 1. The first-order chi connectivity index (χ1) is 11.5. The summed E-state index contributed by atoms with van der Waals surface area (Å²) in [7, 11) is 3.17. The number of hydrogen-bond donors (Lipinski definition) is 2. The van der Waals surface area contributed by atoms with E-state index >= 15 is 0 Å². The minimum absolute atomic E-state index is 0.127. The summed E-state index contributed by atoms with van der Waals surface area (Å²) in [6.07, 6.45) is 0.128. The predicted octanol–water partition coefficient (Wildman–Crippen LogP) is 3.14. The van der Waals surface area contributed by atoms with E-state index in [0.717, 1.165) is 11.1 Å². The lowest BCUT2D eigenvalue weighted by Crippen LogP contribution is -2.28. The van der Waals surface area contributed by atoms with Crippen LogP contribution in [0.25, 0.3) is 0 Å². The molecule has 1 amide bonds. The second kappa shape index (κ2) is 7.73. The van der Waals surface area contributed by atoms with Crippen molar-refractivity contribution in [2.75, 3.05) is 14.2 Å². The van der Waals surface area contributed by atoms with Gasteiger partial charge < -0.3 is 19.9 Å². The van der Waals surface area contributed by atoms with Crippen LogP contribution in [0.2, 0.25) is 0 Å². The standard InChI is InChI=1S/C19H23NO4/c1-12-9-17(23-3)18(24-4)11-15(12)13(2)20-19(22)10-14-7-5-6-8-16(14)21/h5-9,11,13,21H,10H2,1-4H3,(H,20,22). The Morgan fingerprint density at radius 3 is 2.42 bits per heavy atom. The predicted molar refractivity (Wildman–Crippen MR) is 92.7 cm³/mol. The highest BCUT2D eigenvalue weighted by molar-refractivity contribution is 5.79. The number of phenolic OH excluding ortho intramolecular Hbond substituents is 1. The molecule has 0 aromatic heterocycles. The van der Waals surface area contributed by atoms with E-state index in [2.05, 4.69) is 5.32 Å². The van der Waals surface area contributed by atoms with Crippen LogP contribution in [0.1, 0.15) is 29.7 Å². The molecule has 5 nitrogen and oxygen atoms in total. The van der Waals surface area contributed by atoms with E-state index in [9.17, 15) is 9.90 Å². The third kappa shape index (κ3) is 3.98. The van der Waals surface area contributed by atoms with Gasteiger partial charge in [-0.3, -0.25) is 4.79 Å². The molecule has 0 saturated heterocycles. The number of rotatable bonds is 6. The second-order valence-electron chi connectivity index (χ2n) is 5.66. The Bertz CT molecular complexity index is 727. The smallest absolute Gasteiger partial charge is 0.225 e. The van der Waals surface area contributed by atoms with Crippen LogP contribution in [0.3, 0.4) is 0 Å². The fourth-order valence-corrected chi connectivity index (χ4v) is 2.67. The average molecular weight is 329 g/mol. The fraction of sp³-hybridized carbons (Fsp3) is 0.316. The summed E-state index contributed by atoms with van der Waals surface area (Å²) in [4.78, 5) is 12.3. The number of aromatic hydroxyl groups is 1. The van der Waals surface area contributed by atoms with Crippen molar-refractivity contribution in [2.45, 2.75) is 26.3 Å². The molecule has 2 aromatic carbocycles. The van der Waals surface area contributed by atoms with Gasteiger partial charge in [0.25, 0.3) is 0 Å². The van der Waals surface area contributed by atoms with Gasteiger partial charge in [-0.2, -0.15) is 0 Å². The number of methoxy groups -OCH3 is 2. The van der Waals surface area contributed by atoms with Crippen molar-refractivity contribution in [1.29, 1.82) is 0 Å². The van der Waals surface area contributed by atoms with Crippen molar-refractivity contribution in [3.05, 3.63) is 53.1 Å². The lowest BCUT2D eigenvalue weighted by atomic mass is 10.0. The van der Waals surface area contributed by atoms with Crippen LogP contribution in [-0.4, -0.2) is 25.2 Å². The number of carbonyl (C=O) groups is 1. The molecule has 0 bridgehead atoms. The molecule has 1 atom stereocenters. The van der Waals surface area contributed by atoms with Crippen molar-refractivity contribution in [1.82, 2.24) is 5.32 Å². The molecule has 0 aliphatic rings. The molecule has 0 heterocycles. The second-order valence-corrected chi connectivity index (χ2v) is 5.66. The number of benzene rings is 2. The van der Waals surface area contributed by atoms with Gasteiger partial charge >= 0.3 is 0 Å². The number of nitrogens with one attached hydrogen (secondary N) is 1. The van der Waals surface area contributed by atoms with Crippen molar-refractivity contribution < 1.29 is 19.4 Å². The van der Waals surface area contributed by atoms with E-state index in [-0.39, 0.29) is 24.1 Å². The molecule has 0 spiro atoms. The Morgan fingerprint density at radius 2 is 1.79 bits per heavy atom. The topological polar surface area (TPSA) is 67.8 Å². The van der Waals surface area contributed by atoms with Crippen LogP contribution in [0.4, 0.5) is 0 Å². The van der Waals surface area contributed by atoms with Gasteiger partial charge in [0.2, 0.25) is 5.91 Å². The molecule has 0 aliphatic carbocycles. The highest BCUT2D eigenvalue weighted by Crippen LogP contribution is 2.32. The average Bonchev–Trinajstić information content (AvgIpc) is 2.56. The zero-order valence-electron chi connectivity index (χ0n) is 14.4. The molecule has 24 heavy (non-hydrogen) atoms. The number of amides is 1. The third-order valence-electron chi connectivity index (χ3n) is 3.96. The third-order valence-corrected chi connectivity index (χ3v) is 3.96. The quantitative estimate of drug-likeness (QED) is 0.854. The monoisotopic (exact) mass is 329 g/mol. The van der Waals surface area contributed by atoms with Crippen LogP contribution in [-0.2, 0) is 11.2 Å². The maximum Gasteiger partial charge on any atom is 0.225 e. The Hall–Kier alpha value is -2.69. The molecular formula is C19H23NO4. The molecule has 1 unspecified atom stereocenters. The van der Waals surface area contributed by atoms with Crippen LogP contribution in [0.5, 0.6) is 17.2 Å². The van der Waals surface area contributed by atoms with Crippen molar-refractivity contribution >= 4 is 5.91 Å². The SMILES string of the molecule is COc1cc(C)c(C(C)NC(=O)Cc2ccccc2O)cc1OC. The summed E-state index contributed by atoms with van der Waals surface area (Å²) in [5.41, 5.74) is 2.56. The highest BCUT2D eigenvalue weighted by atomic mass is 16.5. The van der Waals surface area contributed by atoms with Gasteiger partial charge in [-0.15, -0.1) is 0 Å². The summed E-state index contributed by atoms with van der Waals surface area (Å²) in [6, 6.07) is 10.4. The molecule has 0 saturated carbocycles. The highest BCUT2D eigenvalue weighted by Gasteiger charge is 2.16. The fourth-order valence-electron chi connectivity index (χ4n) is 2.67. The zero-order chi connectivity index (χ0) is 17.7. The first-order valence-corrected chi connectivity index (χ1v) is 7.75. The maximum atomic E-state index is 12.3. The van der Waals surface area contributed by atoms with Gasteiger partial charge in [-0.25, -0.2) is 0 Å². The normalized spacial score (nSPS) is 11.7. The Kier molecular flexibility index (Phi) is 5.68. The Balaban J connectivity index is 2.13. The Morgan fingerprint density at radius 1 is 1.17 bits per heavy atom. The number of ether oxygens (including phenoxy) is 2. The number of carbonyl (C=O) groups excluding carboxylic acids is 1. The van der Waals surface area contributed by atoms with E-state index in [0.29, 0.717) is 17.1 Å². The Labute approximate surface area is 142 Å². The molecular weight excluding hydrogens is 306 g/mol. The molecule has 2 rings (SSSR count). The number of hydrogen-bond acceptors (Lipinski definition) is 4. The van der Waals surface area contributed by atoms with Gasteiger partial charge in [0.1, 0.15) is 5.75 Å². The largest absolute Gasteiger partial charge is 0.508 e. The van der Waals surface area contributed by atoms with E-state index in [1.54, 1.807) is 38.5 Å². The summed E-state index contributed by atoms with van der Waals surface area (Å²) in [6.45, 7) is 3.87. The van der Waals surface area contributed by atoms with Gasteiger partial charge in [0.15, 0.2) is 11.5 Å². The van der Waals surface area contributed by atoms with E-state index in [1.165, 1.54) is 0 Å². The number of phenols is 1. The van der Waals surface area contributed by atoms with Gasteiger partial charge in [-0.1, -0.05) is 18.2 Å². The van der Waals surface area contributed by atoms with Crippen molar-refractivity contribution in [3.63, 3.8) is 0 Å². The molecule has 2 N–H and O–H groups in total. The molecule has 2 aromatic rings. The summed E-state index contributed by atoms with van der Waals surface area (Å²) >= 11 is 0. The van der Waals surface area contributed by atoms with Crippen LogP contribution < -0.4 is 14.8 Å². The lowest BCUT2D eigenvalue weighted by molar-refractivity contribution is -0.121. The molecule has 5 heteroatoms. The summed E-state index contributed by atoms with van der Waals surface area (Å²) in [5, 5.41) is 12.7. The van der Waals surface area contributed by atoms with E-state index in [4.69, 9.17) is 9.47 Å². The zero-order valence-corrected chi connectivity index (χ0v) is 14.4. The molecule has 0 fully saturated rings. The van der Waals surface area contributed by atoms with Gasteiger partial charge in [0.05, 0.1) is 26.7 Å². The first-order valence-electron chi connectivity index (χ1n) is 7.75. The van der Waals surface area contributed by atoms with Crippen molar-refractivity contribution in [3.8, 4) is 17.2 Å². The van der Waals surface area contributed by atoms with Crippen molar-refractivity contribution in [2.24, 2.45) is 0 Å². The van der Waals surface area contributed by atoms with E-state index < -0.39 is 0 Å². The number of para-hydroxylation sites is 1. The molecule has 128 valence electrons. The molecule has 0 radical (unpaired) electrons. The van der Waals surface area contributed by atoms with Gasteiger partial charge in [-0.05, 0) is 43.2 Å². The summed E-state index contributed by atoms with van der Waals surface area (Å²) < 4.78 is 10.6. The van der Waals surface area contributed by atoms with Crippen LogP contribution in [0.15, 0.2) is 36.4 Å². The van der Waals surface area contributed by atoms with Crippen LogP contribution in [0, 0.1) is 6.92 Å².